The van der Waals surface area contributed by atoms with Gasteiger partial charge in [-0.15, -0.1) is 11.8 Å². The van der Waals surface area contributed by atoms with E-state index in [1.807, 2.05) is 30.5 Å². The number of aliphatic carboxylic acids is 1. The average Bonchev–Trinajstić information content (AvgIpc) is 3.35. The maximum Gasteiger partial charge on any atom is 0.313 e. The summed E-state index contributed by atoms with van der Waals surface area (Å²) in [6, 6.07) is 8.13. The van der Waals surface area contributed by atoms with Crippen molar-refractivity contribution in [3.8, 4) is 0 Å². The van der Waals surface area contributed by atoms with E-state index in [1.54, 1.807) is 16.7 Å². The van der Waals surface area contributed by atoms with Crippen LogP contribution < -0.4 is 0 Å². The fourth-order valence-electron chi connectivity index (χ4n) is 5.02. The van der Waals surface area contributed by atoms with Crippen molar-refractivity contribution < 1.29 is 14.7 Å². The van der Waals surface area contributed by atoms with Crippen LogP contribution in [-0.2, 0) is 4.79 Å². The van der Waals surface area contributed by atoms with Gasteiger partial charge in [-0.3, -0.25) is 14.5 Å². The largest absolute Gasteiger partial charge is 0.481 e. The zero-order chi connectivity index (χ0) is 18.3. The molecular formula is C20H26N2O3S. The minimum Gasteiger partial charge on any atom is -0.481 e. The van der Waals surface area contributed by atoms with E-state index in [9.17, 15) is 14.7 Å². The van der Waals surface area contributed by atoms with Crippen molar-refractivity contribution in [3.05, 3.63) is 29.8 Å². The second-order valence-electron chi connectivity index (χ2n) is 7.94. The minimum atomic E-state index is -0.794. The highest BCUT2D eigenvalue weighted by Crippen LogP contribution is 2.45. The second kappa shape index (κ2) is 6.89. The van der Waals surface area contributed by atoms with Gasteiger partial charge >= 0.3 is 5.97 Å². The van der Waals surface area contributed by atoms with Crippen molar-refractivity contribution in [3.63, 3.8) is 0 Å². The van der Waals surface area contributed by atoms with E-state index in [1.165, 1.54) is 25.7 Å². The van der Waals surface area contributed by atoms with Gasteiger partial charge in [-0.25, -0.2) is 0 Å². The van der Waals surface area contributed by atoms with Crippen molar-refractivity contribution in [1.29, 1.82) is 0 Å². The number of carbonyl (C=O) groups is 2. The monoisotopic (exact) mass is 374 g/mol. The van der Waals surface area contributed by atoms with Crippen molar-refractivity contribution in [2.75, 3.05) is 32.4 Å². The third-order valence-corrected chi connectivity index (χ3v) is 7.27. The molecule has 3 fully saturated rings. The molecule has 2 atom stereocenters. The molecule has 0 spiro atoms. The molecule has 6 heteroatoms. The highest BCUT2D eigenvalue weighted by Gasteiger charge is 2.59. The number of carbonyl (C=O) groups excluding carboxylic acids is 1. The quantitative estimate of drug-likeness (QED) is 0.821. The molecular weight excluding hydrogens is 348 g/mol. The number of carboxylic acid groups (broad SMARTS) is 1. The van der Waals surface area contributed by atoms with Gasteiger partial charge in [0.25, 0.3) is 5.91 Å². The Kier molecular flexibility index (Phi) is 4.73. The molecule has 0 aromatic heterocycles. The Morgan fingerprint density at radius 1 is 1.12 bits per heavy atom. The maximum absolute atomic E-state index is 12.9. The van der Waals surface area contributed by atoms with Crippen molar-refractivity contribution in [2.24, 2.45) is 11.3 Å². The third-order valence-electron chi connectivity index (χ3n) is 6.53. The molecule has 2 saturated heterocycles. The first kappa shape index (κ1) is 17.9. The predicted octanol–water partition coefficient (Wildman–Crippen LogP) is 2.81. The molecule has 1 aromatic rings. The van der Waals surface area contributed by atoms with Gasteiger partial charge < -0.3 is 10.0 Å². The lowest BCUT2D eigenvalue weighted by molar-refractivity contribution is -0.148. The van der Waals surface area contributed by atoms with E-state index in [2.05, 4.69) is 4.90 Å². The highest BCUT2D eigenvalue weighted by molar-refractivity contribution is 7.98. The Labute approximate surface area is 158 Å². The van der Waals surface area contributed by atoms with Crippen LogP contribution in [0.2, 0.25) is 0 Å². The normalized spacial score (nSPS) is 29.3. The second-order valence-corrected chi connectivity index (χ2v) is 8.82. The van der Waals surface area contributed by atoms with Crippen LogP contribution in [0.1, 0.15) is 36.0 Å². The molecule has 0 radical (unpaired) electrons. The molecule has 2 aliphatic heterocycles. The number of hydrogen-bond donors (Lipinski definition) is 1. The van der Waals surface area contributed by atoms with Gasteiger partial charge in [0.1, 0.15) is 5.41 Å². The maximum atomic E-state index is 12.9. The van der Waals surface area contributed by atoms with Gasteiger partial charge in [-0.2, -0.15) is 0 Å². The number of nitrogens with zero attached hydrogens (tertiary/aromatic N) is 2. The first-order valence-corrected chi connectivity index (χ1v) is 10.7. The number of rotatable bonds is 4. The standard InChI is InChI=1S/C20H26N2O3S/c1-26-17-8-6-14(7-9-17)18(23)22-11-15-10-21(16-4-2-3-5-16)12-20(15,13-22)19(24)25/h6-9,15-16H,2-5,10-13H2,1H3,(H,24,25)/t15-,20-/m0/s1. The van der Waals surface area contributed by atoms with Gasteiger partial charge in [0.15, 0.2) is 0 Å². The number of benzene rings is 1. The van der Waals surface area contributed by atoms with Crippen molar-refractivity contribution in [1.82, 2.24) is 9.80 Å². The summed E-state index contributed by atoms with van der Waals surface area (Å²) < 4.78 is 0. The SMILES string of the molecule is CSc1ccc(C(=O)N2C[C@@H]3CN(C4CCCC4)C[C@]3(C(=O)O)C2)cc1. The van der Waals surface area contributed by atoms with E-state index in [0.29, 0.717) is 31.2 Å². The molecule has 2 heterocycles. The number of fused-ring (bicyclic) bond motifs is 1. The zero-order valence-electron chi connectivity index (χ0n) is 15.2. The summed E-state index contributed by atoms with van der Waals surface area (Å²) in [4.78, 5) is 30.4. The smallest absolute Gasteiger partial charge is 0.313 e. The van der Waals surface area contributed by atoms with E-state index in [0.717, 1.165) is 11.4 Å². The van der Waals surface area contributed by atoms with Crippen molar-refractivity contribution in [2.45, 2.75) is 36.6 Å². The van der Waals surface area contributed by atoms with E-state index >= 15 is 0 Å². The predicted molar refractivity (Wildman–Crippen MR) is 102 cm³/mol. The van der Waals surface area contributed by atoms with Crippen molar-refractivity contribution >= 4 is 23.6 Å². The first-order valence-electron chi connectivity index (χ1n) is 9.44. The highest BCUT2D eigenvalue weighted by atomic mass is 32.2. The van der Waals surface area contributed by atoms with Crippen LogP contribution in [0.3, 0.4) is 0 Å². The summed E-state index contributed by atoms with van der Waals surface area (Å²) >= 11 is 1.64. The molecule has 140 valence electrons. The summed E-state index contributed by atoms with van der Waals surface area (Å²) in [7, 11) is 0. The van der Waals surface area contributed by atoms with Gasteiger partial charge in [-0.05, 0) is 43.4 Å². The van der Waals surface area contributed by atoms with Crippen LogP contribution in [0.25, 0.3) is 0 Å². The van der Waals surface area contributed by atoms with Gasteiger partial charge in [-0.1, -0.05) is 12.8 Å². The zero-order valence-corrected chi connectivity index (χ0v) is 16.0. The Morgan fingerprint density at radius 2 is 1.81 bits per heavy atom. The topological polar surface area (TPSA) is 60.9 Å². The van der Waals surface area contributed by atoms with Crippen LogP contribution in [0.4, 0.5) is 0 Å². The number of likely N-dealkylation sites (tertiary alicyclic amines) is 2. The average molecular weight is 375 g/mol. The Bertz CT molecular complexity index is 702. The van der Waals surface area contributed by atoms with Crippen LogP contribution >= 0.6 is 11.8 Å². The fourth-order valence-corrected chi connectivity index (χ4v) is 5.43. The first-order chi connectivity index (χ1) is 12.5. The molecule has 1 N–H and O–H groups in total. The molecule has 1 amide bonds. The Hall–Kier alpha value is -1.53. The molecule has 0 unspecified atom stereocenters. The van der Waals surface area contributed by atoms with Crippen LogP contribution in [0, 0.1) is 11.3 Å². The number of amides is 1. The van der Waals surface area contributed by atoms with Crippen LogP contribution in [0.5, 0.6) is 0 Å². The number of carboxylic acids is 1. The van der Waals surface area contributed by atoms with Crippen LogP contribution in [-0.4, -0.2) is 65.3 Å². The third kappa shape index (κ3) is 2.93. The molecule has 3 aliphatic rings. The lowest BCUT2D eigenvalue weighted by Crippen LogP contribution is -2.43. The molecule has 4 rings (SSSR count). The summed E-state index contributed by atoms with van der Waals surface area (Å²) in [6.07, 6.45) is 6.88. The van der Waals surface area contributed by atoms with Crippen LogP contribution in [0.15, 0.2) is 29.2 Å². The summed E-state index contributed by atoms with van der Waals surface area (Å²) in [5.74, 6) is -0.744. The van der Waals surface area contributed by atoms with E-state index in [4.69, 9.17) is 0 Å². The van der Waals surface area contributed by atoms with Gasteiger partial charge in [0, 0.05) is 48.6 Å². The Balaban J connectivity index is 1.50. The molecule has 0 bridgehead atoms. The van der Waals surface area contributed by atoms with Gasteiger partial charge in [0.05, 0.1) is 0 Å². The number of thioether (sulfide) groups is 1. The summed E-state index contributed by atoms with van der Waals surface area (Å²) in [5.41, 5.74) is -0.145. The summed E-state index contributed by atoms with van der Waals surface area (Å²) in [6.45, 7) is 2.29. The van der Waals surface area contributed by atoms with Gasteiger partial charge in [0.2, 0.25) is 0 Å². The molecule has 1 saturated carbocycles. The Morgan fingerprint density at radius 3 is 2.38 bits per heavy atom. The number of hydrogen-bond acceptors (Lipinski definition) is 4. The van der Waals surface area contributed by atoms with E-state index in [-0.39, 0.29) is 11.8 Å². The van der Waals surface area contributed by atoms with E-state index < -0.39 is 11.4 Å². The molecule has 26 heavy (non-hydrogen) atoms. The molecule has 1 aliphatic carbocycles. The fraction of sp³-hybridized carbons (Fsp3) is 0.600. The molecule has 5 nitrogen and oxygen atoms in total. The summed E-state index contributed by atoms with van der Waals surface area (Å²) in [5, 5.41) is 10.0. The lowest BCUT2D eigenvalue weighted by atomic mass is 9.81. The molecule has 1 aromatic carbocycles. The lowest BCUT2D eigenvalue weighted by Gasteiger charge is -2.28. The minimum absolute atomic E-state index is 0.0371.